The van der Waals surface area contributed by atoms with Crippen LogP contribution in [0.3, 0.4) is 0 Å². The van der Waals surface area contributed by atoms with E-state index in [9.17, 15) is 39.0 Å². The van der Waals surface area contributed by atoms with Crippen molar-refractivity contribution in [2.45, 2.75) is 70.0 Å². The van der Waals surface area contributed by atoms with E-state index in [0.29, 0.717) is 37.3 Å². The number of amidine groups is 1. The van der Waals surface area contributed by atoms with E-state index < -0.39 is 66.6 Å². The zero-order valence-corrected chi connectivity index (χ0v) is 26.0. The topological polar surface area (TPSA) is 233 Å². The van der Waals surface area contributed by atoms with Gasteiger partial charge in [-0.3, -0.25) is 33.8 Å². The maximum atomic E-state index is 14.0. The van der Waals surface area contributed by atoms with E-state index in [1.165, 1.54) is 24.1 Å². The molecular weight excluding hydrogens is 586 g/mol. The molecule has 45 heavy (non-hydrogen) atoms. The second kappa shape index (κ2) is 18.3. The third-order valence-corrected chi connectivity index (χ3v) is 7.43. The smallest absolute Gasteiger partial charge is 0.305 e. The van der Waals surface area contributed by atoms with Gasteiger partial charge in [-0.05, 0) is 63.9 Å². The Morgan fingerprint density at radius 1 is 1.04 bits per heavy atom. The van der Waals surface area contributed by atoms with Crippen LogP contribution < -0.4 is 27.0 Å². The van der Waals surface area contributed by atoms with Crippen molar-refractivity contribution in [2.75, 3.05) is 33.7 Å². The molecule has 2 rings (SSSR count). The van der Waals surface area contributed by atoms with Gasteiger partial charge in [0, 0.05) is 32.4 Å². The van der Waals surface area contributed by atoms with Gasteiger partial charge in [-0.2, -0.15) is 0 Å². The number of hydrogen-bond donors (Lipinski definition) is 7. The molecule has 1 saturated heterocycles. The van der Waals surface area contributed by atoms with Gasteiger partial charge in [-0.15, -0.1) is 0 Å². The van der Waals surface area contributed by atoms with Crippen molar-refractivity contribution < 1.29 is 39.0 Å². The summed E-state index contributed by atoms with van der Waals surface area (Å²) in [5.74, 6) is -5.16. The van der Waals surface area contributed by atoms with Gasteiger partial charge in [0.25, 0.3) is 0 Å². The number of rotatable bonds is 12. The fraction of sp³-hybridized carbons (Fsp3) is 0.567. The summed E-state index contributed by atoms with van der Waals surface area (Å²) < 4.78 is 0. The molecule has 1 aromatic carbocycles. The van der Waals surface area contributed by atoms with E-state index >= 15 is 0 Å². The lowest BCUT2D eigenvalue weighted by atomic mass is 9.91. The number of likely N-dealkylation sites (N-methyl/N-ethyl adjacent to an activating group) is 1. The zero-order chi connectivity index (χ0) is 33.5. The first-order valence-electron chi connectivity index (χ1n) is 14.9. The summed E-state index contributed by atoms with van der Waals surface area (Å²) in [5.41, 5.74) is 6.18. The third-order valence-electron chi connectivity index (χ3n) is 7.43. The van der Waals surface area contributed by atoms with Gasteiger partial charge >= 0.3 is 5.97 Å². The van der Waals surface area contributed by atoms with Crippen molar-refractivity contribution in [1.82, 2.24) is 26.2 Å². The monoisotopic (exact) mass is 631 g/mol. The highest BCUT2D eigenvalue weighted by atomic mass is 16.4. The fourth-order valence-corrected chi connectivity index (χ4v) is 5.02. The van der Waals surface area contributed by atoms with E-state index in [2.05, 4.69) is 26.3 Å². The van der Waals surface area contributed by atoms with Gasteiger partial charge in [0.1, 0.15) is 17.8 Å². The molecule has 0 saturated carbocycles. The Hall–Kier alpha value is -4.53. The van der Waals surface area contributed by atoms with E-state index in [-0.39, 0.29) is 37.2 Å². The van der Waals surface area contributed by atoms with Crippen LogP contribution in [0.1, 0.15) is 51.0 Å². The Labute approximate surface area is 262 Å². The Morgan fingerprint density at radius 2 is 1.73 bits per heavy atom. The molecule has 0 aliphatic carbocycles. The predicted octanol–water partition coefficient (Wildman–Crippen LogP) is -0.932. The van der Waals surface area contributed by atoms with Gasteiger partial charge in [0.2, 0.25) is 23.6 Å². The van der Waals surface area contributed by atoms with Gasteiger partial charge in [-0.1, -0.05) is 12.1 Å². The molecule has 1 aliphatic heterocycles. The summed E-state index contributed by atoms with van der Waals surface area (Å²) >= 11 is 0. The van der Waals surface area contributed by atoms with Crippen molar-refractivity contribution in [3.63, 3.8) is 0 Å². The van der Waals surface area contributed by atoms with Crippen molar-refractivity contribution in [3.05, 3.63) is 29.8 Å². The molecule has 8 N–H and O–H groups in total. The molecule has 0 aromatic heterocycles. The first-order valence-corrected chi connectivity index (χ1v) is 14.9. The van der Waals surface area contributed by atoms with E-state index in [1.807, 2.05) is 0 Å². The average Bonchev–Trinajstić information content (AvgIpc) is 2.98. The third kappa shape index (κ3) is 12.5. The first-order chi connectivity index (χ1) is 21.3. The summed E-state index contributed by atoms with van der Waals surface area (Å²) in [5, 5.41) is 29.5. The number of carboxylic acids is 1. The lowest BCUT2D eigenvalue weighted by Crippen LogP contribution is -2.57. The lowest BCUT2D eigenvalue weighted by Gasteiger charge is -2.32. The van der Waals surface area contributed by atoms with Crippen molar-refractivity contribution in [1.29, 1.82) is 0 Å². The Bertz CT molecular complexity index is 1230. The number of benzene rings is 1. The SMILES string of the molecule is CNCCC[C@H]1C(=O)C[C@@H](CCCN=C(C)N)C(=O)NCC(=O)N[C@@H](CC(=O)O)C(=O)N[C@H](Cc2ccc(O)cc2)C(=O)N1C. The van der Waals surface area contributed by atoms with E-state index in [1.54, 1.807) is 26.1 Å². The van der Waals surface area contributed by atoms with Crippen LogP contribution in [0.4, 0.5) is 0 Å². The Balaban J connectivity index is 2.52. The number of Topliss-reactive ketones (excluding diaryl/α,β-unsaturated/α-hetero) is 1. The highest BCUT2D eigenvalue weighted by molar-refractivity contribution is 5.98. The summed E-state index contributed by atoms with van der Waals surface area (Å²) in [6.07, 6.45) is 0.438. The van der Waals surface area contributed by atoms with E-state index in [4.69, 9.17) is 5.73 Å². The minimum atomic E-state index is -1.56. The highest BCUT2D eigenvalue weighted by Gasteiger charge is 2.36. The van der Waals surface area contributed by atoms with Crippen LogP contribution in [-0.4, -0.2) is 108 Å². The average molecular weight is 632 g/mol. The molecule has 1 aliphatic rings. The summed E-state index contributed by atoms with van der Waals surface area (Å²) in [6, 6.07) is 2.21. The van der Waals surface area contributed by atoms with Crippen LogP contribution in [0.25, 0.3) is 0 Å². The number of phenols is 1. The number of amides is 4. The van der Waals surface area contributed by atoms with E-state index in [0.717, 1.165) is 0 Å². The van der Waals surface area contributed by atoms with Crippen LogP contribution in [-0.2, 0) is 35.2 Å². The van der Waals surface area contributed by atoms with Crippen LogP contribution in [0.2, 0.25) is 0 Å². The predicted molar refractivity (Wildman–Crippen MR) is 165 cm³/mol. The number of carboxylic acid groups (broad SMARTS) is 1. The lowest BCUT2D eigenvalue weighted by molar-refractivity contribution is -0.143. The Morgan fingerprint density at radius 3 is 2.36 bits per heavy atom. The summed E-state index contributed by atoms with van der Waals surface area (Å²) in [4.78, 5) is 84.0. The number of carbonyl (C=O) groups excluding carboxylic acids is 5. The van der Waals surface area contributed by atoms with Crippen LogP contribution in [0.15, 0.2) is 29.3 Å². The minimum Gasteiger partial charge on any atom is -0.508 e. The molecule has 0 unspecified atom stereocenters. The maximum absolute atomic E-state index is 14.0. The molecule has 0 bridgehead atoms. The molecule has 248 valence electrons. The maximum Gasteiger partial charge on any atom is 0.305 e. The van der Waals surface area contributed by atoms with Gasteiger partial charge in [0.15, 0.2) is 5.78 Å². The van der Waals surface area contributed by atoms with Crippen molar-refractivity contribution in [2.24, 2.45) is 16.6 Å². The van der Waals surface area contributed by atoms with Crippen molar-refractivity contribution >= 4 is 41.2 Å². The summed E-state index contributed by atoms with van der Waals surface area (Å²) in [6.45, 7) is 1.96. The summed E-state index contributed by atoms with van der Waals surface area (Å²) in [7, 11) is 3.20. The van der Waals surface area contributed by atoms with Crippen molar-refractivity contribution in [3.8, 4) is 5.75 Å². The fourth-order valence-electron chi connectivity index (χ4n) is 5.02. The van der Waals surface area contributed by atoms with Crippen LogP contribution in [0, 0.1) is 5.92 Å². The first kappa shape index (κ1) is 36.7. The second-order valence-corrected chi connectivity index (χ2v) is 11.1. The number of nitrogens with zero attached hydrogens (tertiary/aromatic N) is 2. The number of phenolic OH excluding ortho intramolecular Hbond substituents is 1. The molecule has 4 amide bonds. The molecule has 1 aromatic rings. The standard InChI is InChI=1S/C30H45N7O8/c1-18(31)33-13-4-6-20-15-25(39)24(7-5-12-32-2)37(3)30(45)23(14-19-8-10-21(38)11-9-19)36-29(44)22(16-27(41)42)35-26(40)17-34-28(20)43/h8-11,20,22-24,32,38H,4-7,12-17H2,1-3H3,(H2,31,33)(H,34,43)(H,35,40)(H,36,44)(H,41,42)/t20-,22+,23-,24+/m1/s1. The van der Waals surface area contributed by atoms with Gasteiger partial charge < -0.3 is 42.1 Å². The molecular formula is C30H45N7O8. The van der Waals surface area contributed by atoms with Gasteiger partial charge in [0.05, 0.1) is 24.8 Å². The number of aromatic hydroxyl groups is 1. The quantitative estimate of drug-likeness (QED) is 0.0850. The molecule has 15 heteroatoms. The molecule has 1 heterocycles. The molecule has 0 radical (unpaired) electrons. The normalized spacial score (nSPS) is 22.6. The highest BCUT2D eigenvalue weighted by Crippen LogP contribution is 2.20. The number of aliphatic carboxylic acids is 1. The molecule has 4 atom stereocenters. The minimum absolute atomic E-state index is 0.00425. The molecule has 15 nitrogen and oxygen atoms in total. The number of carbonyl (C=O) groups is 6. The van der Waals surface area contributed by atoms with Crippen LogP contribution >= 0.6 is 0 Å². The Kier molecular flexibility index (Phi) is 14.9. The largest absolute Gasteiger partial charge is 0.508 e. The number of aliphatic imine (C=N–C) groups is 1. The van der Waals surface area contributed by atoms with Gasteiger partial charge in [-0.25, -0.2) is 0 Å². The number of nitrogens with one attached hydrogen (secondary N) is 4. The molecule has 1 fully saturated rings. The number of ketones is 1. The van der Waals surface area contributed by atoms with Crippen LogP contribution in [0.5, 0.6) is 5.75 Å². The second-order valence-electron chi connectivity index (χ2n) is 11.1. The number of hydrogen-bond acceptors (Lipinski definition) is 9. The zero-order valence-electron chi connectivity index (χ0n) is 26.0. The molecule has 0 spiro atoms. The number of nitrogens with two attached hydrogens (primary N) is 1.